The van der Waals surface area contributed by atoms with Crippen molar-refractivity contribution in [3.8, 4) is 79.5 Å². The van der Waals surface area contributed by atoms with Crippen LogP contribution in [-0.4, -0.2) is 39.9 Å². The quantitative estimate of drug-likeness (QED) is 0.165. The van der Waals surface area contributed by atoms with Gasteiger partial charge in [-0.15, -0.1) is 0 Å². The molecule has 0 saturated heterocycles. The summed E-state index contributed by atoms with van der Waals surface area (Å²) in [6, 6.07) is 47.9. The number of aromatic nitrogens is 8. The topological polar surface area (TPSA) is 103 Å². The van der Waals surface area contributed by atoms with Crippen LogP contribution in [0, 0.1) is 0 Å². The minimum absolute atomic E-state index is 0.594. The summed E-state index contributed by atoms with van der Waals surface area (Å²) in [6.07, 6.45) is 7.25. The van der Waals surface area contributed by atoms with Gasteiger partial charge in [0.25, 0.3) is 0 Å². The van der Waals surface area contributed by atoms with Gasteiger partial charge in [-0.05, 0) is 64.9 Å². The van der Waals surface area contributed by atoms with Crippen molar-refractivity contribution < 1.29 is 0 Å². The Bertz CT molecular complexity index is 2540. The molecule has 4 aromatic carbocycles. The lowest BCUT2D eigenvalue weighted by atomic mass is 9.98. The zero-order valence-corrected chi connectivity index (χ0v) is 27.7. The van der Waals surface area contributed by atoms with Crippen molar-refractivity contribution in [1.29, 1.82) is 0 Å². The molecule has 8 nitrogen and oxygen atoms in total. The molecule has 0 aliphatic rings. The van der Waals surface area contributed by atoms with Gasteiger partial charge in [0.15, 0.2) is 23.3 Å². The maximum absolute atomic E-state index is 4.99. The van der Waals surface area contributed by atoms with Gasteiger partial charge in [-0.25, -0.2) is 29.9 Å². The van der Waals surface area contributed by atoms with Crippen LogP contribution in [-0.2, 0) is 0 Å². The van der Waals surface area contributed by atoms with Crippen LogP contribution in [0.4, 0.5) is 0 Å². The predicted octanol–water partition coefficient (Wildman–Crippen LogP) is 9.67. The Balaban J connectivity index is 1.13. The molecule has 0 aliphatic heterocycles. The first-order chi connectivity index (χ1) is 25.8. The zero-order chi connectivity index (χ0) is 34.7. The van der Waals surface area contributed by atoms with Crippen molar-refractivity contribution in [3.63, 3.8) is 0 Å². The number of benzene rings is 4. The molecule has 0 unspecified atom stereocenters. The van der Waals surface area contributed by atoms with Gasteiger partial charge in [0.05, 0.1) is 22.8 Å². The molecule has 0 N–H and O–H groups in total. The minimum Gasteiger partial charge on any atom is -0.255 e. The van der Waals surface area contributed by atoms with Crippen LogP contribution < -0.4 is 0 Å². The van der Waals surface area contributed by atoms with E-state index in [4.69, 9.17) is 29.9 Å². The van der Waals surface area contributed by atoms with E-state index in [9.17, 15) is 0 Å². The van der Waals surface area contributed by atoms with Gasteiger partial charge in [0.1, 0.15) is 0 Å². The first-order valence-electron chi connectivity index (χ1n) is 16.8. The monoisotopic (exact) mass is 668 g/mol. The lowest BCUT2D eigenvalue weighted by Gasteiger charge is -2.13. The van der Waals surface area contributed by atoms with Crippen molar-refractivity contribution in [1.82, 2.24) is 39.9 Å². The highest BCUT2D eigenvalue weighted by molar-refractivity contribution is 6.03. The van der Waals surface area contributed by atoms with Crippen LogP contribution in [0.3, 0.4) is 0 Å². The summed E-state index contributed by atoms with van der Waals surface area (Å²) in [4.78, 5) is 38.6. The summed E-state index contributed by atoms with van der Waals surface area (Å²) in [5, 5.41) is 1.99. The molecule has 5 heterocycles. The summed E-state index contributed by atoms with van der Waals surface area (Å²) in [7, 11) is 0. The highest BCUT2D eigenvalue weighted by Gasteiger charge is 2.17. The van der Waals surface area contributed by atoms with Crippen molar-refractivity contribution in [3.05, 3.63) is 170 Å². The third-order valence-corrected chi connectivity index (χ3v) is 8.77. The third-order valence-electron chi connectivity index (χ3n) is 8.77. The Kier molecular flexibility index (Phi) is 7.99. The molecular weight excluding hydrogens is 641 g/mol. The van der Waals surface area contributed by atoms with Crippen LogP contribution in [0.1, 0.15) is 0 Å². The average molecular weight is 669 g/mol. The van der Waals surface area contributed by atoms with Gasteiger partial charge >= 0.3 is 0 Å². The van der Waals surface area contributed by atoms with Gasteiger partial charge in [-0.1, -0.05) is 97.1 Å². The molecule has 5 aromatic heterocycles. The van der Waals surface area contributed by atoms with E-state index < -0.39 is 0 Å². The molecule has 0 fully saturated rings. The number of hydrogen-bond donors (Lipinski definition) is 0. The fourth-order valence-corrected chi connectivity index (χ4v) is 6.22. The maximum Gasteiger partial charge on any atom is 0.164 e. The molecular formula is C44H28N8. The summed E-state index contributed by atoms with van der Waals surface area (Å²) < 4.78 is 0. The van der Waals surface area contributed by atoms with Crippen LogP contribution in [0.2, 0.25) is 0 Å². The largest absolute Gasteiger partial charge is 0.255 e. The van der Waals surface area contributed by atoms with E-state index in [0.29, 0.717) is 23.3 Å². The fourth-order valence-electron chi connectivity index (χ4n) is 6.22. The lowest BCUT2D eigenvalue weighted by molar-refractivity contribution is 1.08. The number of fused-ring (bicyclic) bond motifs is 1. The van der Waals surface area contributed by atoms with Crippen molar-refractivity contribution in [2.75, 3.05) is 0 Å². The molecule has 9 rings (SSSR count). The smallest absolute Gasteiger partial charge is 0.164 e. The number of rotatable bonds is 7. The molecule has 52 heavy (non-hydrogen) atoms. The van der Waals surface area contributed by atoms with Crippen LogP contribution in [0.25, 0.3) is 90.2 Å². The van der Waals surface area contributed by atoms with Gasteiger partial charge in [0.2, 0.25) is 0 Å². The van der Waals surface area contributed by atoms with E-state index in [1.807, 2.05) is 140 Å². The molecule has 0 atom stereocenters. The SMILES string of the molecule is c1ccc(-c2nc(-c3ccccc3)nc(-c3ccc(-c4ncc(-c5cc(-c6ccccn6)nc(-c6ccccn6)c5)cn4)c4ccccc34)n2)cc1. The highest BCUT2D eigenvalue weighted by Crippen LogP contribution is 2.35. The Hall–Kier alpha value is -7.32. The van der Waals surface area contributed by atoms with Crippen molar-refractivity contribution >= 4 is 10.8 Å². The van der Waals surface area contributed by atoms with E-state index in [0.717, 1.165) is 66.9 Å². The molecule has 0 amide bonds. The summed E-state index contributed by atoms with van der Waals surface area (Å²) in [5.74, 6) is 2.44. The molecule has 244 valence electrons. The van der Waals surface area contributed by atoms with Crippen molar-refractivity contribution in [2.45, 2.75) is 0 Å². The van der Waals surface area contributed by atoms with E-state index in [1.165, 1.54) is 0 Å². The van der Waals surface area contributed by atoms with E-state index in [-0.39, 0.29) is 0 Å². The third kappa shape index (κ3) is 6.05. The number of hydrogen-bond acceptors (Lipinski definition) is 8. The summed E-state index contributed by atoms with van der Waals surface area (Å²) >= 11 is 0. The average Bonchev–Trinajstić information content (AvgIpc) is 3.24. The molecule has 0 spiro atoms. The van der Waals surface area contributed by atoms with Gasteiger partial charge in [-0.3, -0.25) is 9.97 Å². The molecule has 9 aromatic rings. The molecule has 0 aliphatic carbocycles. The Morgan fingerprint density at radius 1 is 0.288 bits per heavy atom. The predicted molar refractivity (Wildman–Crippen MR) is 204 cm³/mol. The van der Waals surface area contributed by atoms with E-state index in [1.54, 1.807) is 12.4 Å². The van der Waals surface area contributed by atoms with Crippen molar-refractivity contribution in [2.24, 2.45) is 0 Å². The second kappa shape index (κ2) is 13.5. The molecule has 0 bridgehead atoms. The maximum atomic E-state index is 4.99. The minimum atomic E-state index is 0.594. The Morgan fingerprint density at radius 3 is 1.25 bits per heavy atom. The second-order valence-electron chi connectivity index (χ2n) is 12.1. The molecule has 0 radical (unpaired) electrons. The summed E-state index contributed by atoms with van der Waals surface area (Å²) in [5.41, 5.74) is 8.46. The van der Waals surface area contributed by atoms with Crippen LogP contribution in [0.5, 0.6) is 0 Å². The first kappa shape index (κ1) is 30.7. The van der Waals surface area contributed by atoms with Gasteiger partial charge < -0.3 is 0 Å². The fraction of sp³-hybridized carbons (Fsp3) is 0. The van der Waals surface area contributed by atoms with E-state index in [2.05, 4.69) is 28.2 Å². The normalized spacial score (nSPS) is 11.1. The highest BCUT2D eigenvalue weighted by atomic mass is 15.0. The second-order valence-corrected chi connectivity index (χ2v) is 12.1. The van der Waals surface area contributed by atoms with E-state index >= 15 is 0 Å². The molecule has 8 heteroatoms. The Morgan fingerprint density at radius 2 is 0.750 bits per heavy atom. The number of nitrogens with zero attached hydrogens (tertiary/aromatic N) is 8. The van der Waals surface area contributed by atoms with Gasteiger partial charge in [-0.2, -0.15) is 0 Å². The number of pyridine rings is 3. The molecule has 0 saturated carbocycles. The first-order valence-corrected chi connectivity index (χ1v) is 16.8. The zero-order valence-electron chi connectivity index (χ0n) is 27.7. The Labute approximate surface area is 299 Å². The van der Waals surface area contributed by atoms with Crippen LogP contribution in [0.15, 0.2) is 170 Å². The lowest BCUT2D eigenvalue weighted by Crippen LogP contribution is -2.01. The van der Waals surface area contributed by atoms with Gasteiger partial charge in [0, 0.05) is 52.6 Å². The van der Waals surface area contributed by atoms with Crippen LogP contribution >= 0.6 is 0 Å². The summed E-state index contributed by atoms with van der Waals surface area (Å²) in [6.45, 7) is 0. The standard InChI is InChI=1S/C44H28N8/c1-3-13-29(14-4-1)41-50-42(30-15-5-2-6-16-30)52-44(51-41)36-22-21-35(33-17-7-8-18-34(33)36)43-47-27-32(28-48-43)31-25-39(37-19-9-11-23-45-37)49-40(26-31)38-20-10-12-24-46-38/h1-28H.